The van der Waals surface area contributed by atoms with Crippen LogP contribution in [-0.2, 0) is 22.7 Å². The summed E-state index contributed by atoms with van der Waals surface area (Å²) in [4.78, 5) is 13.7. The third-order valence-corrected chi connectivity index (χ3v) is 5.12. The van der Waals surface area contributed by atoms with Crippen LogP contribution < -0.4 is 10.1 Å². The Hall–Kier alpha value is -2.37. The van der Waals surface area contributed by atoms with Crippen molar-refractivity contribution in [2.75, 3.05) is 26.2 Å². The van der Waals surface area contributed by atoms with Crippen molar-refractivity contribution in [3.05, 3.63) is 65.7 Å². The molecule has 2 aliphatic heterocycles. The van der Waals surface area contributed by atoms with E-state index in [2.05, 4.69) is 28.4 Å². The van der Waals surface area contributed by atoms with E-state index in [4.69, 9.17) is 9.47 Å². The van der Waals surface area contributed by atoms with Gasteiger partial charge in [-0.3, -0.25) is 9.69 Å². The molecule has 0 aliphatic carbocycles. The standard InChI is InChI=1S/C21H24N2O3/c24-20-14-26-21(15-22-20)10-11-23(16-21)12-18-8-4-5-9-19(18)25-13-17-6-2-1-3-7-17/h1-9H,10-16H2,(H,22,24). The van der Waals surface area contributed by atoms with E-state index < -0.39 is 0 Å². The molecule has 0 radical (unpaired) electrons. The van der Waals surface area contributed by atoms with Gasteiger partial charge in [-0.25, -0.2) is 0 Å². The van der Waals surface area contributed by atoms with E-state index in [9.17, 15) is 4.79 Å². The molecule has 2 aliphatic rings. The van der Waals surface area contributed by atoms with Crippen molar-refractivity contribution >= 4 is 5.91 Å². The van der Waals surface area contributed by atoms with Gasteiger partial charge in [0, 0.05) is 31.7 Å². The van der Waals surface area contributed by atoms with E-state index in [-0.39, 0.29) is 18.1 Å². The van der Waals surface area contributed by atoms with Gasteiger partial charge in [-0.05, 0) is 18.1 Å². The molecule has 5 nitrogen and oxygen atoms in total. The predicted molar refractivity (Wildman–Crippen MR) is 98.8 cm³/mol. The second-order valence-corrected chi connectivity index (χ2v) is 7.09. The van der Waals surface area contributed by atoms with Gasteiger partial charge in [0.25, 0.3) is 0 Å². The average Bonchev–Trinajstić information content (AvgIpc) is 3.07. The second-order valence-electron chi connectivity index (χ2n) is 7.09. The first-order chi connectivity index (χ1) is 12.7. The zero-order valence-electron chi connectivity index (χ0n) is 14.8. The Bertz CT molecular complexity index is 753. The summed E-state index contributed by atoms with van der Waals surface area (Å²) >= 11 is 0. The Morgan fingerprint density at radius 2 is 1.92 bits per heavy atom. The highest BCUT2D eigenvalue weighted by Gasteiger charge is 2.42. The number of para-hydroxylation sites is 1. The lowest BCUT2D eigenvalue weighted by Crippen LogP contribution is -2.53. The van der Waals surface area contributed by atoms with Gasteiger partial charge < -0.3 is 14.8 Å². The number of carbonyl (C=O) groups excluding carboxylic acids is 1. The summed E-state index contributed by atoms with van der Waals surface area (Å²) in [5.74, 6) is 0.906. The van der Waals surface area contributed by atoms with Crippen molar-refractivity contribution < 1.29 is 14.3 Å². The number of hydrogen-bond acceptors (Lipinski definition) is 4. The van der Waals surface area contributed by atoms with E-state index in [1.807, 2.05) is 36.4 Å². The van der Waals surface area contributed by atoms with Crippen LogP contribution in [0.2, 0.25) is 0 Å². The normalized spacial score (nSPS) is 23.2. The quantitative estimate of drug-likeness (QED) is 0.898. The van der Waals surface area contributed by atoms with Crippen molar-refractivity contribution in [1.82, 2.24) is 10.2 Å². The maximum Gasteiger partial charge on any atom is 0.246 e. The van der Waals surface area contributed by atoms with Gasteiger partial charge in [0.15, 0.2) is 0 Å². The molecule has 1 spiro atoms. The number of likely N-dealkylation sites (tertiary alicyclic amines) is 1. The van der Waals surface area contributed by atoms with Crippen LogP contribution in [0, 0.1) is 0 Å². The van der Waals surface area contributed by atoms with Crippen LogP contribution in [0.25, 0.3) is 0 Å². The number of amides is 1. The molecule has 2 heterocycles. The minimum atomic E-state index is -0.228. The Labute approximate surface area is 153 Å². The number of nitrogens with one attached hydrogen (secondary N) is 1. The maximum atomic E-state index is 11.3. The van der Waals surface area contributed by atoms with E-state index in [1.54, 1.807) is 0 Å². The fourth-order valence-electron chi connectivity index (χ4n) is 3.66. The summed E-state index contributed by atoms with van der Waals surface area (Å²) in [5.41, 5.74) is 2.11. The molecule has 1 N–H and O–H groups in total. The highest BCUT2D eigenvalue weighted by Crippen LogP contribution is 2.29. The van der Waals surface area contributed by atoms with Crippen LogP contribution in [0.15, 0.2) is 54.6 Å². The number of benzene rings is 2. The number of morpholine rings is 1. The van der Waals surface area contributed by atoms with Crippen molar-refractivity contribution in [3.8, 4) is 5.75 Å². The van der Waals surface area contributed by atoms with Gasteiger partial charge >= 0.3 is 0 Å². The molecule has 136 valence electrons. The van der Waals surface area contributed by atoms with Crippen LogP contribution in [0.3, 0.4) is 0 Å². The SMILES string of the molecule is O=C1COC2(CCN(Cc3ccccc3OCc3ccccc3)C2)CN1. The lowest BCUT2D eigenvalue weighted by Gasteiger charge is -2.33. The molecule has 0 bridgehead atoms. The fourth-order valence-corrected chi connectivity index (χ4v) is 3.66. The smallest absolute Gasteiger partial charge is 0.246 e. The van der Waals surface area contributed by atoms with Gasteiger partial charge in [0.1, 0.15) is 19.0 Å². The Morgan fingerprint density at radius 3 is 2.73 bits per heavy atom. The largest absolute Gasteiger partial charge is 0.489 e. The molecule has 2 aromatic carbocycles. The molecule has 4 rings (SSSR count). The molecule has 1 atom stereocenters. The monoisotopic (exact) mass is 352 g/mol. The molecule has 2 fully saturated rings. The van der Waals surface area contributed by atoms with Gasteiger partial charge in [-0.15, -0.1) is 0 Å². The summed E-state index contributed by atoms with van der Waals surface area (Å²) in [6.07, 6.45) is 0.945. The molecule has 0 aromatic heterocycles. The third-order valence-electron chi connectivity index (χ3n) is 5.12. The van der Waals surface area contributed by atoms with Crippen molar-refractivity contribution in [2.24, 2.45) is 0 Å². The lowest BCUT2D eigenvalue weighted by atomic mass is 10.0. The average molecular weight is 352 g/mol. The van der Waals surface area contributed by atoms with Crippen LogP contribution >= 0.6 is 0 Å². The number of hydrogen-bond donors (Lipinski definition) is 1. The highest BCUT2D eigenvalue weighted by atomic mass is 16.5. The molecular weight excluding hydrogens is 328 g/mol. The third kappa shape index (κ3) is 3.89. The number of ether oxygens (including phenoxy) is 2. The van der Waals surface area contributed by atoms with Crippen LogP contribution in [0.1, 0.15) is 17.5 Å². The Morgan fingerprint density at radius 1 is 1.12 bits per heavy atom. The minimum absolute atomic E-state index is 0.0197. The summed E-state index contributed by atoms with van der Waals surface area (Å²) in [6, 6.07) is 18.4. The van der Waals surface area contributed by atoms with Crippen molar-refractivity contribution in [2.45, 2.75) is 25.2 Å². The van der Waals surface area contributed by atoms with Crippen LogP contribution in [0.5, 0.6) is 5.75 Å². The van der Waals surface area contributed by atoms with Gasteiger partial charge in [0.05, 0.1) is 5.60 Å². The second kappa shape index (κ2) is 7.48. The minimum Gasteiger partial charge on any atom is -0.489 e. The molecule has 2 aromatic rings. The number of carbonyl (C=O) groups is 1. The topological polar surface area (TPSA) is 50.8 Å². The molecule has 26 heavy (non-hydrogen) atoms. The summed E-state index contributed by atoms with van der Waals surface area (Å²) in [5, 5.41) is 2.93. The predicted octanol–water partition coefficient (Wildman–Crippen LogP) is 2.36. The van der Waals surface area contributed by atoms with Crippen molar-refractivity contribution in [3.63, 3.8) is 0 Å². The van der Waals surface area contributed by atoms with Crippen LogP contribution in [-0.4, -0.2) is 42.6 Å². The van der Waals surface area contributed by atoms with Crippen molar-refractivity contribution in [1.29, 1.82) is 0 Å². The fraction of sp³-hybridized carbons (Fsp3) is 0.381. The first kappa shape index (κ1) is 17.1. The molecule has 1 amide bonds. The Balaban J connectivity index is 1.39. The summed E-state index contributed by atoms with van der Waals surface area (Å²) in [6.45, 7) is 3.96. The molecular formula is C21H24N2O3. The number of rotatable bonds is 5. The number of nitrogens with zero attached hydrogens (tertiary/aromatic N) is 1. The maximum absolute atomic E-state index is 11.3. The molecule has 2 saturated heterocycles. The first-order valence-corrected chi connectivity index (χ1v) is 9.10. The van der Waals surface area contributed by atoms with E-state index in [1.165, 1.54) is 5.56 Å². The first-order valence-electron chi connectivity index (χ1n) is 9.10. The van der Waals surface area contributed by atoms with E-state index >= 15 is 0 Å². The Kier molecular flexibility index (Phi) is 4.91. The summed E-state index contributed by atoms with van der Waals surface area (Å²) in [7, 11) is 0. The van der Waals surface area contributed by atoms with Gasteiger partial charge in [-0.1, -0.05) is 48.5 Å². The van der Waals surface area contributed by atoms with E-state index in [0.717, 1.165) is 37.4 Å². The highest BCUT2D eigenvalue weighted by molar-refractivity contribution is 5.78. The molecule has 0 saturated carbocycles. The molecule has 5 heteroatoms. The van der Waals surface area contributed by atoms with Crippen LogP contribution in [0.4, 0.5) is 0 Å². The summed E-state index contributed by atoms with van der Waals surface area (Å²) < 4.78 is 11.9. The van der Waals surface area contributed by atoms with Gasteiger partial charge in [-0.2, -0.15) is 0 Å². The van der Waals surface area contributed by atoms with E-state index in [0.29, 0.717) is 13.2 Å². The zero-order chi connectivity index (χ0) is 17.8. The lowest BCUT2D eigenvalue weighted by molar-refractivity contribution is -0.142. The zero-order valence-corrected chi connectivity index (χ0v) is 14.8. The molecule has 1 unspecified atom stereocenters. The van der Waals surface area contributed by atoms with Gasteiger partial charge in [0.2, 0.25) is 5.91 Å².